The summed E-state index contributed by atoms with van der Waals surface area (Å²) in [4.78, 5) is 37.1. The van der Waals surface area contributed by atoms with Gasteiger partial charge in [0.25, 0.3) is 0 Å². The van der Waals surface area contributed by atoms with Crippen LogP contribution in [-0.4, -0.2) is 40.9 Å². The molecule has 6 heteroatoms. The standard InChI is InChI=1S/C12H16N2O4/c1-2-5(10(13)15)14-11(16)8-6-3-4-7(18-6)9(8)12(14)17/h5-9H,2-4H2,1H3,(H2,13,15)/t5-,6+,7+,8+,9+/m1/s1. The molecule has 0 aliphatic carbocycles. The molecule has 2 N–H and O–H groups in total. The van der Waals surface area contributed by atoms with Crippen molar-refractivity contribution in [2.75, 3.05) is 0 Å². The molecular weight excluding hydrogens is 236 g/mol. The van der Waals surface area contributed by atoms with Gasteiger partial charge in [-0.1, -0.05) is 6.92 Å². The summed E-state index contributed by atoms with van der Waals surface area (Å²) in [6, 6.07) is -0.810. The molecule has 3 amide bonds. The molecule has 0 saturated carbocycles. The molecule has 6 nitrogen and oxygen atoms in total. The van der Waals surface area contributed by atoms with Crippen LogP contribution in [0.1, 0.15) is 26.2 Å². The van der Waals surface area contributed by atoms with Crippen molar-refractivity contribution in [2.24, 2.45) is 17.6 Å². The average Bonchev–Trinajstić information content (AvgIpc) is 2.98. The summed E-state index contributed by atoms with van der Waals surface area (Å²) in [7, 11) is 0. The van der Waals surface area contributed by atoms with Gasteiger partial charge in [-0.15, -0.1) is 0 Å². The molecule has 3 aliphatic rings. The Morgan fingerprint density at radius 3 is 2.22 bits per heavy atom. The Labute approximate surface area is 104 Å². The zero-order valence-electron chi connectivity index (χ0n) is 10.2. The van der Waals surface area contributed by atoms with Crippen molar-refractivity contribution in [3.05, 3.63) is 0 Å². The lowest BCUT2D eigenvalue weighted by Gasteiger charge is -2.24. The molecule has 2 bridgehead atoms. The van der Waals surface area contributed by atoms with Crippen LogP contribution in [-0.2, 0) is 19.1 Å². The monoisotopic (exact) mass is 252 g/mol. The lowest BCUT2D eigenvalue weighted by Crippen LogP contribution is -2.49. The van der Waals surface area contributed by atoms with Gasteiger partial charge in [0.05, 0.1) is 24.0 Å². The number of ether oxygens (including phenoxy) is 1. The molecule has 0 aromatic carbocycles. The van der Waals surface area contributed by atoms with E-state index in [0.29, 0.717) is 6.42 Å². The van der Waals surface area contributed by atoms with Crippen LogP contribution in [0.25, 0.3) is 0 Å². The van der Waals surface area contributed by atoms with Crippen molar-refractivity contribution in [2.45, 2.75) is 44.4 Å². The number of imide groups is 1. The third-order valence-corrected chi connectivity index (χ3v) is 4.35. The summed E-state index contributed by atoms with van der Waals surface area (Å²) in [5, 5.41) is 0. The fourth-order valence-corrected chi connectivity index (χ4v) is 3.55. The Hall–Kier alpha value is -1.43. The van der Waals surface area contributed by atoms with Crippen LogP contribution in [0.4, 0.5) is 0 Å². The quantitative estimate of drug-likeness (QED) is 0.680. The smallest absolute Gasteiger partial charge is 0.240 e. The van der Waals surface area contributed by atoms with E-state index in [1.54, 1.807) is 6.92 Å². The first kappa shape index (κ1) is 11.6. The predicted molar refractivity (Wildman–Crippen MR) is 60.0 cm³/mol. The molecule has 18 heavy (non-hydrogen) atoms. The Morgan fingerprint density at radius 1 is 1.33 bits per heavy atom. The topological polar surface area (TPSA) is 89.7 Å². The maximum atomic E-state index is 12.3. The normalized spacial score (nSPS) is 39.3. The number of rotatable bonds is 3. The van der Waals surface area contributed by atoms with E-state index >= 15 is 0 Å². The zero-order valence-corrected chi connectivity index (χ0v) is 10.2. The number of carbonyl (C=O) groups is 3. The molecular formula is C12H16N2O4. The van der Waals surface area contributed by atoms with Gasteiger partial charge in [-0.05, 0) is 19.3 Å². The molecule has 3 saturated heterocycles. The predicted octanol–water partition coefficient (Wildman–Crippen LogP) is -0.587. The van der Waals surface area contributed by atoms with Crippen molar-refractivity contribution in [1.82, 2.24) is 4.90 Å². The van der Waals surface area contributed by atoms with Gasteiger partial charge in [0.2, 0.25) is 17.7 Å². The Bertz CT molecular complexity index is 408. The van der Waals surface area contributed by atoms with Crippen LogP contribution in [0, 0.1) is 11.8 Å². The van der Waals surface area contributed by atoms with Crippen LogP contribution in [0.15, 0.2) is 0 Å². The van der Waals surface area contributed by atoms with Gasteiger partial charge in [0.15, 0.2) is 0 Å². The summed E-state index contributed by atoms with van der Waals surface area (Å²) in [5.41, 5.74) is 5.27. The summed E-state index contributed by atoms with van der Waals surface area (Å²) < 4.78 is 5.62. The highest BCUT2D eigenvalue weighted by molar-refractivity contribution is 6.09. The van der Waals surface area contributed by atoms with E-state index in [1.807, 2.05) is 0 Å². The third-order valence-electron chi connectivity index (χ3n) is 4.35. The van der Waals surface area contributed by atoms with Gasteiger partial charge in [-0.2, -0.15) is 0 Å². The Kier molecular flexibility index (Phi) is 2.45. The van der Waals surface area contributed by atoms with Crippen LogP contribution >= 0.6 is 0 Å². The van der Waals surface area contributed by atoms with E-state index in [0.717, 1.165) is 17.7 Å². The van der Waals surface area contributed by atoms with Gasteiger partial charge in [-0.3, -0.25) is 19.3 Å². The van der Waals surface area contributed by atoms with Crippen molar-refractivity contribution < 1.29 is 19.1 Å². The van der Waals surface area contributed by atoms with Crippen molar-refractivity contribution >= 4 is 17.7 Å². The fraction of sp³-hybridized carbons (Fsp3) is 0.750. The number of hydrogen-bond acceptors (Lipinski definition) is 4. The number of nitrogens with zero attached hydrogens (tertiary/aromatic N) is 1. The zero-order chi connectivity index (χ0) is 13.0. The second-order valence-corrected chi connectivity index (χ2v) is 5.21. The van der Waals surface area contributed by atoms with Crippen LogP contribution in [0.2, 0.25) is 0 Å². The Morgan fingerprint density at radius 2 is 1.83 bits per heavy atom. The summed E-state index contributed by atoms with van der Waals surface area (Å²) in [6.45, 7) is 1.75. The lowest BCUT2D eigenvalue weighted by molar-refractivity contribution is -0.149. The SMILES string of the molecule is CC[C@H](C(N)=O)N1C(=O)[C@@H]2[C@@H](C1=O)[C@@H]1CC[C@@H]2O1. The molecule has 0 aromatic rings. The highest BCUT2D eigenvalue weighted by Gasteiger charge is 2.63. The van der Waals surface area contributed by atoms with E-state index in [-0.39, 0.29) is 35.9 Å². The molecule has 3 aliphatic heterocycles. The van der Waals surface area contributed by atoms with E-state index in [4.69, 9.17) is 10.5 Å². The van der Waals surface area contributed by atoms with Crippen LogP contribution in [0.5, 0.6) is 0 Å². The second-order valence-electron chi connectivity index (χ2n) is 5.21. The largest absolute Gasteiger partial charge is 0.373 e. The number of nitrogens with two attached hydrogens (primary N) is 1. The third kappa shape index (κ3) is 1.29. The van der Waals surface area contributed by atoms with Crippen LogP contribution in [0.3, 0.4) is 0 Å². The maximum Gasteiger partial charge on any atom is 0.240 e. The second kappa shape index (κ2) is 3.78. The number of primary amides is 1. The van der Waals surface area contributed by atoms with Gasteiger partial charge < -0.3 is 10.5 Å². The minimum atomic E-state index is -0.810. The molecule has 0 spiro atoms. The van der Waals surface area contributed by atoms with Gasteiger partial charge in [-0.25, -0.2) is 0 Å². The first-order valence-electron chi connectivity index (χ1n) is 6.38. The van der Waals surface area contributed by atoms with Crippen LogP contribution < -0.4 is 5.73 Å². The molecule has 3 heterocycles. The maximum absolute atomic E-state index is 12.3. The molecule has 98 valence electrons. The summed E-state index contributed by atoms with van der Waals surface area (Å²) in [5.74, 6) is -1.94. The van der Waals surface area contributed by atoms with Crippen molar-refractivity contribution in [3.8, 4) is 0 Å². The molecule has 0 aromatic heterocycles. The minimum Gasteiger partial charge on any atom is -0.373 e. The van der Waals surface area contributed by atoms with E-state index < -0.39 is 11.9 Å². The number of amides is 3. The molecule has 0 unspecified atom stereocenters. The highest BCUT2D eigenvalue weighted by atomic mass is 16.5. The number of carbonyl (C=O) groups excluding carboxylic acids is 3. The first-order valence-corrected chi connectivity index (χ1v) is 6.38. The molecule has 0 radical (unpaired) electrons. The number of hydrogen-bond donors (Lipinski definition) is 1. The fourth-order valence-electron chi connectivity index (χ4n) is 3.55. The van der Waals surface area contributed by atoms with Gasteiger partial charge in [0.1, 0.15) is 6.04 Å². The van der Waals surface area contributed by atoms with E-state index in [1.165, 1.54) is 0 Å². The van der Waals surface area contributed by atoms with E-state index in [9.17, 15) is 14.4 Å². The lowest BCUT2D eigenvalue weighted by atomic mass is 9.81. The Balaban J connectivity index is 1.93. The summed E-state index contributed by atoms with van der Waals surface area (Å²) >= 11 is 0. The number of fused-ring (bicyclic) bond motifs is 5. The molecule has 3 fully saturated rings. The number of likely N-dealkylation sites (tertiary alicyclic amines) is 1. The minimum absolute atomic E-state index is 0.146. The van der Waals surface area contributed by atoms with Gasteiger partial charge in [0, 0.05) is 0 Å². The summed E-state index contributed by atoms with van der Waals surface area (Å²) in [6.07, 6.45) is 1.72. The first-order chi connectivity index (χ1) is 8.56. The van der Waals surface area contributed by atoms with E-state index in [2.05, 4.69) is 0 Å². The molecule has 3 rings (SSSR count). The van der Waals surface area contributed by atoms with Crippen molar-refractivity contribution in [3.63, 3.8) is 0 Å². The van der Waals surface area contributed by atoms with Crippen molar-refractivity contribution in [1.29, 1.82) is 0 Å². The molecule has 5 atom stereocenters. The van der Waals surface area contributed by atoms with Gasteiger partial charge >= 0.3 is 0 Å². The highest BCUT2D eigenvalue weighted by Crippen LogP contribution is 2.48. The average molecular weight is 252 g/mol.